The Bertz CT molecular complexity index is 905. The van der Waals surface area contributed by atoms with Crippen LogP contribution in [-0.4, -0.2) is 22.5 Å². The summed E-state index contributed by atoms with van der Waals surface area (Å²) < 4.78 is 5.99. The fourth-order valence-electron chi connectivity index (χ4n) is 4.60. The molecule has 0 radical (unpaired) electrons. The van der Waals surface area contributed by atoms with Gasteiger partial charge in [0.15, 0.2) is 0 Å². The van der Waals surface area contributed by atoms with E-state index in [4.69, 9.17) is 4.74 Å². The Hall–Kier alpha value is -2.39. The predicted molar refractivity (Wildman–Crippen MR) is 105 cm³/mol. The molecule has 2 atom stereocenters. The molecule has 3 nitrogen and oxygen atoms in total. The normalized spacial score (nSPS) is 23.1. The molecule has 2 fully saturated rings. The minimum absolute atomic E-state index is 0.591. The Morgan fingerprint density at radius 1 is 0.846 bits per heavy atom. The molecule has 2 aliphatic rings. The number of hydrogen-bond donors (Lipinski definition) is 0. The van der Waals surface area contributed by atoms with Crippen molar-refractivity contribution in [1.82, 2.24) is 9.88 Å². The van der Waals surface area contributed by atoms with Gasteiger partial charge in [-0.05, 0) is 62.1 Å². The Kier molecular flexibility index (Phi) is 4.10. The average molecular weight is 344 g/mol. The number of benzene rings is 2. The van der Waals surface area contributed by atoms with Gasteiger partial charge in [-0.25, -0.2) is 4.98 Å². The van der Waals surface area contributed by atoms with E-state index < -0.39 is 0 Å². The van der Waals surface area contributed by atoms with Gasteiger partial charge >= 0.3 is 0 Å². The zero-order chi connectivity index (χ0) is 17.3. The predicted octanol–water partition coefficient (Wildman–Crippen LogP) is 5.72. The van der Waals surface area contributed by atoms with Gasteiger partial charge in [0.1, 0.15) is 5.75 Å². The number of rotatable bonds is 3. The summed E-state index contributed by atoms with van der Waals surface area (Å²) in [5.74, 6) is 1.50. The van der Waals surface area contributed by atoms with Crippen LogP contribution in [0, 0.1) is 0 Å². The van der Waals surface area contributed by atoms with E-state index in [0.29, 0.717) is 11.9 Å². The summed E-state index contributed by atoms with van der Waals surface area (Å²) in [7, 11) is 0. The van der Waals surface area contributed by atoms with Crippen molar-refractivity contribution >= 4 is 10.9 Å². The number of ether oxygens (including phenoxy) is 1. The molecule has 1 aromatic heterocycles. The summed E-state index contributed by atoms with van der Waals surface area (Å²) in [6, 6.07) is 22.1. The highest BCUT2D eigenvalue weighted by atomic mass is 16.5. The van der Waals surface area contributed by atoms with Crippen LogP contribution in [-0.2, 0) is 0 Å². The third kappa shape index (κ3) is 2.97. The van der Waals surface area contributed by atoms with Crippen molar-refractivity contribution in [1.29, 1.82) is 0 Å². The number of pyridine rings is 1. The van der Waals surface area contributed by atoms with Crippen molar-refractivity contribution in [2.45, 2.75) is 44.2 Å². The van der Waals surface area contributed by atoms with Crippen molar-refractivity contribution in [2.75, 3.05) is 6.54 Å². The third-order valence-electron chi connectivity index (χ3n) is 5.91. The van der Waals surface area contributed by atoms with Crippen molar-refractivity contribution in [3.05, 3.63) is 66.2 Å². The molecule has 2 aromatic carbocycles. The highest BCUT2D eigenvalue weighted by molar-refractivity contribution is 5.78. The van der Waals surface area contributed by atoms with Crippen LogP contribution in [0.4, 0.5) is 0 Å². The Morgan fingerprint density at radius 3 is 2.65 bits per heavy atom. The van der Waals surface area contributed by atoms with Crippen LogP contribution in [0.3, 0.4) is 0 Å². The third-order valence-corrected chi connectivity index (χ3v) is 5.91. The van der Waals surface area contributed by atoms with E-state index >= 15 is 0 Å². The first-order valence-corrected chi connectivity index (χ1v) is 9.76. The van der Waals surface area contributed by atoms with Gasteiger partial charge in [-0.3, -0.25) is 4.90 Å². The maximum Gasteiger partial charge on any atom is 0.219 e. The molecule has 0 spiro atoms. The molecule has 5 rings (SSSR count). The standard InChI is InChI=1S/C23H24N2O/c1-2-7-21-17(5-1)10-15-23(24-21)26-20-12-8-18(9-13-20)22-14-11-19-6-3-4-16-25(19)22/h1-2,5,7-10,12-13,15,19,22H,3-4,6,11,14,16H2/t19-,22-/m1/s1. The second kappa shape index (κ2) is 6.73. The molecule has 0 amide bonds. The van der Waals surface area contributed by atoms with E-state index in [1.807, 2.05) is 24.3 Å². The van der Waals surface area contributed by atoms with Crippen LogP contribution in [0.25, 0.3) is 10.9 Å². The van der Waals surface area contributed by atoms with Gasteiger partial charge in [0.25, 0.3) is 0 Å². The minimum Gasteiger partial charge on any atom is -0.439 e. The smallest absolute Gasteiger partial charge is 0.219 e. The lowest BCUT2D eigenvalue weighted by atomic mass is 10.0. The zero-order valence-electron chi connectivity index (χ0n) is 15.0. The lowest BCUT2D eigenvalue weighted by molar-refractivity contribution is 0.150. The summed E-state index contributed by atoms with van der Waals surface area (Å²) in [6.45, 7) is 1.26. The summed E-state index contributed by atoms with van der Waals surface area (Å²) in [4.78, 5) is 7.32. The van der Waals surface area contributed by atoms with Gasteiger partial charge in [0, 0.05) is 23.5 Å². The molecule has 0 bridgehead atoms. The molecule has 3 heteroatoms. The highest BCUT2D eigenvalue weighted by Crippen LogP contribution is 2.40. The number of nitrogens with zero attached hydrogens (tertiary/aromatic N) is 2. The molecule has 132 valence electrons. The number of piperidine rings is 1. The molecule has 0 saturated carbocycles. The zero-order valence-corrected chi connectivity index (χ0v) is 15.0. The molecule has 2 saturated heterocycles. The SMILES string of the molecule is c1ccc2nc(Oc3ccc([C@H]4CC[C@H]5CCCCN54)cc3)ccc2c1. The van der Waals surface area contributed by atoms with Gasteiger partial charge in [-0.2, -0.15) is 0 Å². The summed E-state index contributed by atoms with van der Waals surface area (Å²) in [5.41, 5.74) is 2.39. The van der Waals surface area contributed by atoms with E-state index in [1.54, 1.807) is 0 Å². The Labute approximate surface area is 154 Å². The minimum atomic E-state index is 0.591. The summed E-state index contributed by atoms with van der Waals surface area (Å²) in [6.07, 6.45) is 6.77. The van der Waals surface area contributed by atoms with Crippen molar-refractivity contribution in [3.8, 4) is 11.6 Å². The van der Waals surface area contributed by atoms with Gasteiger partial charge < -0.3 is 4.74 Å². The van der Waals surface area contributed by atoms with Crippen molar-refractivity contribution in [2.24, 2.45) is 0 Å². The number of hydrogen-bond acceptors (Lipinski definition) is 3. The first-order chi connectivity index (χ1) is 12.9. The molecule has 0 aliphatic carbocycles. The van der Waals surface area contributed by atoms with E-state index in [1.165, 1.54) is 44.2 Å². The van der Waals surface area contributed by atoms with Crippen LogP contribution in [0.1, 0.15) is 43.7 Å². The summed E-state index contributed by atoms with van der Waals surface area (Å²) >= 11 is 0. The number of para-hydroxylation sites is 1. The fraction of sp³-hybridized carbons (Fsp3) is 0.348. The lowest BCUT2D eigenvalue weighted by Crippen LogP contribution is -2.35. The maximum atomic E-state index is 5.99. The maximum absolute atomic E-state index is 5.99. The van der Waals surface area contributed by atoms with Gasteiger partial charge in [-0.1, -0.05) is 36.8 Å². The fourth-order valence-corrected chi connectivity index (χ4v) is 4.60. The topological polar surface area (TPSA) is 25.4 Å². The van der Waals surface area contributed by atoms with Gasteiger partial charge in [0.2, 0.25) is 5.88 Å². The highest BCUT2D eigenvalue weighted by Gasteiger charge is 2.35. The molecule has 3 aromatic rings. The Balaban J connectivity index is 1.33. The molecule has 3 heterocycles. The van der Waals surface area contributed by atoms with Crippen LogP contribution in [0.2, 0.25) is 0 Å². The van der Waals surface area contributed by atoms with Crippen molar-refractivity contribution in [3.63, 3.8) is 0 Å². The van der Waals surface area contributed by atoms with Crippen LogP contribution in [0.5, 0.6) is 11.6 Å². The molecular formula is C23H24N2O. The van der Waals surface area contributed by atoms with E-state index in [-0.39, 0.29) is 0 Å². The molecular weight excluding hydrogens is 320 g/mol. The molecule has 26 heavy (non-hydrogen) atoms. The van der Waals surface area contributed by atoms with Gasteiger partial charge in [0.05, 0.1) is 5.52 Å². The van der Waals surface area contributed by atoms with E-state index in [2.05, 4.69) is 46.3 Å². The number of fused-ring (bicyclic) bond motifs is 2. The van der Waals surface area contributed by atoms with E-state index in [0.717, 1.165) is 22.7 Å². The van der Waals surface area contributed by atoms with Crippen LogP contribution < -0.4 is 4.74 Å². The first-order valence-electron chi connectivity index (χ1n) is 9.76. The summed E-state index contributed by atoms with van der Waals surface area (Å²) in [5, 5.41) is 1.13. The molecule has 0 N–H and O–H groups in total. The largest absolute Gasteiger partial charge is 0.439 e. The van der Waals surface area contributed by atoms with Gasteiger partial charge in [-0.15, -0.1) is 0 Å². The van der Waals surface area contributed by atoms with Crippen LogP contribution >= 0.6 is 0 Å². The Morgan fingerprint density at radius 2 is 1.73 bits per heavy atom. The first kappa shape index (κ1) is 15.8. The number of aromatic nitrogens is 1. The molecule has 0 unspecified atom stereocenters. The monoisotopic (exact) mass is 344 g/mol. The lowest BCUT2D eigenvalue weighted by Gasteiger charge is -2.34. The molecule has 2 aliphatic heterocycles. The average Bonchev–Trinajstić information content (AvgIpc) is 3.13. The quantitative estimate of drug-likeness (QED) is 0.608. The van der Waals surface area contributed by atoms with Crippen molar-refractivity contribution < 1.29 is 4.74 Å². The second-order valence-corrected chi connectivity index (χ2v) is 7.49. The van der Waals surface area contributed by atoms with E-state index in [9.17, 15) is 0 Å². The second-order valence-electron chi connectivity index (χ2n) is 7.49. The van der Waals surface area contributed by atoms with Crippen LogP contribution in [0.15, 0.2) is 60.7 Å².